The van der Waals surface area contributed by atoms with Crippen LogP contribution in [0.3, 0.4) is 0 Å². The van der Waals surface area contributed by atoms with E-state index in [0.29, 0.717) is 30.1 Å². The van der Waals surface area contributed by atoms with Crippen LogP contribution in [0.25, 0.3) is 0 Å². The van der Waals surface area contributed by atoms with Gasteiger partial charge in [-0.1, -0.05) is 12.2 Å². The summed E-state index contributed by atoms with van der Waals surface area (Å²) in [6.45, 7) is 3.81. The largest absolute Gasteiger partial charge is 0.458 e. The van der Waals surface area contributed by atoms with Crippen molar-refractivity contribution in [3.8, 4) is 0 Å². The number of fused-ring (bicyclic) bond motifs is 9. The highest BCUT2D eigenvalue weighted by atomic mass is 16.6. The van der Waals surface area contributed by atoms with Crippen molar-refractivity contribution in [2.45, 2.75) is 70.5 Å². The lowest BCUT2D eigenvalue weighted by Gasteiger charge is -2.38. The van der Waals surface area contributed by atoms with Crippen molar-refractivity contribution in [1.82, 2.24) is 0 Å². The molecule has 0 amide bonds. The van der Waals surface area contributed by atoms with E-state index in [9.17, 15) is 9.59 Å². The van der Waals surface area contributed by atoms with Crippen molar-refractivity contribution in [2.75, 3.05) is 0 Å². The first-order valence-corrected chi connectivity index (χ1v) is 10.5. The predicted molar refractivity (Wildman–Crippen MR) is 95.9 cm³/mol. The van der Waals surface area contributed by atoms with E-state index >= 15 is 0 Å². The van der Waals surface area contributed by atoms with Crippen molar-refractivity contribution < 1.29 is 19.1 Å². The molecule has 0 N–H and O–H groups in total. The van der Waals surface area contributed by atoms with E-state index < -0.39 is 5.60 Å². The molecule has 4 fully saturated rings. The van der Waals surface area contributed by atoms with Gasteiger partial charge in [-0.15, -0.1) is 0 Å². The summed E-state index contributed by atoms with van der Waals surface area (Å²) in [6, 6.07) is 0. The average molecular weight is 358 g/mol. The zero-order valence-electron chi connectivity index (χ0n) is 15.9. The fourth-order valence-electron chi connectivity index (χ4n) is 7.05. The minimum absolute atomic E-state index is 0.0481. The maximum absolute atomic E-state index is 13.1. The van der Waals surface area contributed by atoms with Gasteiger partial charge in [-0.2, -0.15) is 0 Å². The average Bonchev–Trinajstić information content (AvgIpc) is 3.33. The highest BCUT2D eigenvalue weighted by Gasteiger charge is 2.62. The van der Waals surface area contributed by atoms with Gasteiger partial charge in [-0.25, -0.2) is 0 Å². The number of rotatable bonds is 3. The minimum Gasteiger partial charge on any atom is -0.458 e. The quantitative estimate of drug-likeness (QED) is 0.436. The third kappa shape index (κ3) is 2.47. The Hall–Kier alpha value is -1.32. The van der Waals surface area contributed by atoms with Crippen molar-refractivity contribution >= 4 is 11.9 Å². The van der Waals surface area contributed by atoms with Crippen LogP contribution in [0.5, 0.6) is 0 Å². The molecule has 1 saturated heterocycles. The van der Waals surface area contributed by atoms with Crippen LogP contribution in [0.4, 0.5) is 0 Å². The molecule has 142 valence electrons. The van der Waals surface area contributed by atoms with Gasteiger partial charge in [-0.3, -0.25) is 9.59 Å². The van der Waals surface area contributed by atoms with Gasteiger partial charge in [0.15, 0.2) is 0 Å². The first-order valence-electron chi connectivity index (χ1n) is 10.5. The number of ether oxygens (including phenoxy) is 2. The zero-order chi connectivity index (χ0) is 18.1. The maximum atomic E-state index is 13.1. The van der Waals surface area contributed by atoms with Gasteiger partial charge in [0.05, 0.1) is 5.92 Å². The van der Waals surface area contributed by atoms with E-state index in [1.165, 1.54) is 12.8 Å². The molecule has 5 aliphatic rings. The van der Waals surface area contributed by atoms with E-state index in [4.69, 9.17) is 9.47 Å². The Bertz CT molecular complexity index is 651. The molecule has 8 atom stereocenters. The van der Waals surface area contributed by atoms with Crippen molar-refractivity contribution in [2.24, 2.45) is 41.4 Å². The molecule has 0 aromatic rings. The molecule has 4 heteroatoms. The van der Waals surface area contributed by atoms with Crippen LogP contribution in [0.2, 0.25) is 0 Å². The number of hydrogen-bond acceptors (Lipinski definition) is 4. The van der Waals surface area contributed by atoms with Crippen LogP contribution < -0.4 is 0 Å². The number of cyclic esters (lactones) is 1. The molecule has 1 aliphatic heterocycles. The molecule has 3 saturated carbocycles. The number of esters is 2. The molecule has 8 unspecified atom stereocenters. The summed E-state index contributed by atoms with van der Waals surface area (Å²) >= 11 is 0. The van der Waals surface area contributed by atoms with E-state index in [1.54, 1.807) is 0 Å². The van der Waals surface area contributed by atoms with Gasteiger partial charge in [0.2, 0.25) is 0 Å². The Balaban J connectivity index is 1.27. The lowest BCUT2D eigenvalue weighted by atomic mass is 9.69. The van der Waals surface area contributed by atoms with Crippen molar-refractivity contribution in [1.29, 1.82) is 0 Å². The van der Waals surface area contributed by atoms with E-state index in [2.05, 4.69) is 12.2 Å². The molecule has 0 aromatic carbocycles. The van der Waals surface area contributed by atoms with Crippen molar-refractivity contribution in [3.05, 3.63) is 12.2 Å². The third-order valence-corrected chi connectivity index (χ3v) is 8.08. The predicted octanol–water partition coefficient (Wildman–Crippen LogP) is 3.89. The minimum atomic E-state index is -0.743. The van der Waals surface area contributed by atoms with E-state index in [0.717, 1.165) is 37.5 Å². The summed E-state index contributed by atoms with van der Waals surface area (Å²) in [5, 5.41) is 0. The summed E-state index contributed by atoms with van der Waals surface area (Å²) in [7, 11) is 0. The van der Waals surface area contributed by atoms with Gasteiger partial charge in [-0.05, 0) is 87.9 Å². The van der Waals surface area contributed by atoms with Gasteiger partial charge in [0, 0.05) is 6.42 Å². The molecule has 0 spiro atoms. The van der Waals surface area contributed by atoms with Gasteiger partial charge < -0.3 is 9.47 Å². The second-order valence-corrected chi connectivity index (χ2v) is 9.85. The third-order valence-electron chi connectivity index (χ3n) is 8.08. The second-order valence-electron chi connectivity index (χ2n) is 9.85. The van der Waals surface area contributed by atoms with Crippen LogP contribution in [0, 0.1) is 41.4 Å². The molecule has 4 nitrogen and oxygen atoms in total. The van der Waals surface area contributed by atoms with Crippen LogP contribution in [0.15, 0.2) is 12.2 Å². The molecular formula is C22H30O4. The van der Waals surface area contributed by atoms with E-state index in [-0.39, 0.29) is 24.0 Å². The topological polar surface area (TPSA) is 52.6 Å². The SMILES string of the molecule is CC(C)(OC(=O)C1CC2CC1C1C3C=CC(C3)C21)C1CCCCC(=O)O1. The Labute approximate surface area is 155 Å². The molecule has 5 rings (SSSR count). The van der Waals surface area contributed by atoms with E-state index in [1.807, 2.05) is 13.8 Å². The highest BCUT2D eigenvalue weighted by Crippen LogP contribution is 2.67. The molecule has 4 aliphatic carbocycles. The highest BCUT2D eigenvalue weighted by molar-refractivity contribution is 5.74. The summed E-state index contributed by atoms with van der Waals surface area (Å²) in [4.78, 5) is 24.9. The normalized spacial score (nSPS) is 46.2. The molecular weight excluding hydrogens is 328 g/mol. The first kappa shape index (κ1) is 16.8. The van der Waals surface area contributed by atoms with Crippen LogP contribution in [-0.2, 0) is 19.1 Å². The number of allylic oxidation sites excluding steroid dienone is 2. The standard InChI is InChI=1S/C22H30O4/c1-22(2,17-5-3-4-6-18(23)25-17)26-21(24)16-11-14-10-15(16)20-13-8-7-12(9-13)19(14)20/h7-8,12-17,19-20H,3-6,9-11H2,1-2H3. The second kappa shape index (κ2) is 5.84. The number of hydrogen-bond donors (Lipinski definition) is 0. The Morgan fingerprint density at radius 3 is 2.69 bits per heavy atom. The first-order chi connectivity index (χ1) is 12.4. The monoisotopic (exact) mass is 358 g/mol. The fraction of sp³-hybridized carbons (Fsp3) is 0.818. The summed E-state index contributed by atoms with van der Waals surface area (Å²) in [6.07, 6.45) is 11.1. The fourth-order valence-corrected chi connectivity index (χ4v) is 7.05. The van der Waals surface area contributed by atoms with Crippen LogP contribution >= 0.6 is 0 Å². The molecule has 0 radical (unpaired) electrons. The molecule has 0 aromatic heterocycles. The van der Waals surface area contributed by atoms with Crippen molar-refractivity contribution in [3.63, 3.8) is 0 Å². The van der Waals surface area contributed by atoms with Crippen LogP contribution in [0.1, 0.15) is 58.8 Å². The Kier molecular flexibility index (Phi) is 3.78. The smallest absolute Gasteiger partial charge is 0.309 e. The molecule has 4 bridgehead atoms. The van der Waals surface area contributed by atoms with Gasteiger partial charge in [0.1, 0.15) is 11.7 Å². The number of carbonyl (C=O) groups is 2. The summed E-state index contributed by atoms with van der Waals surface area (Å²) < 4.78 is 11.6. The van der Waals surface area contributed by atoms with Gasteiger partial charge in [0.25, 0.3) is 0 Å². The molecule has 26 heavy (non-hydrogen) atoms. The maximum Gasteiger partial charge on any atom is 0.309 e. The summed E-state index contributed by atoms with van der Waals surface area (Å²) in [5.41, 5.74) is -0.743. The number of carbonyl (C=O) groups excluding carboxylic acids is 2. The summed E-state index contributed by atoms with van der Waals surface area (Å²) in [5.74, 6) is 4.07. The van der Waals surface area contributed by atoms with Gasteiger partial charge >= 0.3 is 11.9 Å². The zero-order valence-corrected chi connectivity index (χ0v) is 15.9. The molecule has 1 heterocycles. The van der Waals surface area contributed by atoms with Crippen LogP contribution in [-0.4, -0.2) is 23.6 Å². The Morgan fingerprint density at radius 2 is 1.88 bits per heavy atom. The Morgan fingerprint density at radius 1 is 1.12 bits per heavy atom. The lowest BCUT2D eigenvalue weighted by molar-refractivity contribution is -0.185. The lowest BCUT2D eigenvalue weighted by Crippen LogP contribution is -2.45.